The van der Waals surface area contributed by atoms with E-state index in [1.165, 1.54) is 18.2 Å². The number of H-pyrrole nitrogens is 1. The third kappa shape index (κ3) is 3.57. The molecule has 0 bridgehead atoms. The molecule has 2 N–H and O–H groups in total. The third-order valence-corrected chi connectivity index (χ3v) is 3.67. The summed E-state index contributed by atoms with van der Waals surface area (Å²) in [6.45, 7) is 1.20. The van der Waals surface area contributed by atoms with Crippen LogP contribution in [0.3, 0.4) is 0 Å². The zero-order valence-electron chi connectivity index (χ0n) is 13.5. The number of hydrogen-bond donors (Lipinski definition) is 2. The highest BCUT2D eigenvalue weighted by atomic mass is 19.1. The van der Waals surface area contributed by atoms with Crippen LogP contribution in [0.2, 0.25) is 0 Å². The van der Waals surface area contributed by atoms with Crippen molar-refractivity contribution in [2.75, 3.05) is 19.4 Å². The second kappa shape index (κ2) is 6.76. The molecule has 0 saturated heterocycles. The molecule has 0 radical (unpaired) electrons. The minimum absolute atomic E-state index is 0.187. The summed E-state index contributed by atoms with van der Waals surface area (Å²) in [5, 5.41) is 3.23. The first-order chi connectivity index (χ1) is 11.5. The molecule has 7 heteroatoms. The number of nitrogens with zero attached hydrogens (tertiary/aromatic N) is 3. The predicted molar refractivity (Wildman–Crippen MR) is 91.3 cm³/mol. The number of benzene rings is 1. The second-order valence-corrected chi connectivity index (χ2v) is 5.69. The van der Waals surface area contributed by atoms with E-state index in [-0.39, 0.29) is 5.43 Å². The van der Waals surface area contributed by atoms with Gasteiger partial charge in [-0.05, 0) is 25.2 Å². The number of rotatable bonds is 5. The second-order valence-electron chi connectivity index (χ2n) is 5.69. The first-order valence-corrected chi connectivity index (χ1v) is 7.54. The van der Waals surface area contributed by atoms with Crippen molar-refractivity contribution in [3.8, 4) is 0 Å². The Kier molecular flexibility index (Phi) is 4.52. The van der Waals surface area contributed by atoms with Gasteiger partial charge in [0.1, 0.15) is 5.82 Å². The highest BCUT2D eigenvalue weighted by Crippen LogP contribution is 2.12. The molecular weight excluding hydrogens is 309 g/mol. The van der Waals surface area contributed by atoms with Crippen LogP contribution in [0.1, 0.15) is 11.3 Å². The zero-order valence-corrected chi connectivity index (χ0v) is 13.5. The Hall–Kier alpha value is -2.80. The topological polar surface area (TPSA) is 73.9 Å². The maximum atomic E-state index is 13.2. The van der Waals surface area contributed by atoms with Gasteiger partial charge in [0.05, 0.1) is 0 Å². The summed E-state index contributed by atoms with van der Waals surface area (Å²) in [6, 6.07) is 5.69. The lowest BCUT2D eigenvalue weighted by atomic mass is 10.2. The summed E-state index contributed by atoms with van der Waals surface area (Å²) in [4.78, 5) is 25.7. The van der Waals surface area contributed by atoms with Gasteiger partial charge >= 0.3 is 0 Å². The molecule has 3 rings (SSSR count). The zero-order chi connectivity index (χ0) is 17.1. The van der Waals surface area contributed by atoms with Crippen molar-refractivity contribution < 1.29 is 4.39 Å². The molecule has 6 nitrogen and oxygen atoms in total. The molecule has 0 atom stereocenters. The third-order valence-electron chi connectivity index (χ3n) is 3.67. The summed E-state index contributed by atoms with van der Waals surface area (Å²) >= 11 is 0. The van der Waals surface area contributed by atoms with E-state index in [4.69, 9.17) is 0 Å². The number of aromatic nitrogens is 3. The Morgan fingerprint density at radius 3 is 2.67 bits per heavy atom. The molecule has 2 aromatic heterocycles. The Morgan fingerprint density at radius 2 is 1.96 bits per heavy atom. The molecule has 0 fully saturated rings. The smallest absolute Gasteiger partial charge is 0.222 e. The Labute approximate surface area is 138 Å². The summed E-state index contributed by atoms with van der Waals surface area (Å²) < 4.78 is 13.2. The maximum absolute atomic E-state index is 13.2. The Balaban J connectivity index is 1.76. The van der Waals surface area contributed by atoms with Gasteiger partial charge in [-0.15, -0.1) is 0 Å². The van der Waals surface area contributed by atoms with Gasteiger partial charge in [-0.25, -0.2) is 14.4 Å². The highest BCUT2D eigenvalue weighted by molar-refractivity contribution is 5.78. The number of halogens is 1. The Bertz CT molecular complexity index is 907. The van der Waals surface area contributed by atoms with Gasteiger partial charge in [-0.3, -0.25) is 9.69 Å². The van der Waals surface area contributed by atoms with Gasteiger partial charge in [0.15, 0.2) is 5.43 Å². The van der Waals surface area contributed by atoms with Gasteiger partial charge in [0.2, 0.25) is 5.95 Å². The molecule has 0 unspecified atom stereocenters. The number of aromatic amines is 1. The fourth-order valence-electron chi connectivity index (χ4n) is 2.58. The average Bonchev–Trinajstić information content (AvgIpc) is 2.56. The van der Waals surface area contributed by atoms with Crippen LogP contribution in [0.15, 0.2) is 41.5 Å². The molecule has 24 heavy (non-hydrogen) atoms. The van der Waals surface area contributed by atoms with Crippen LogP contribution in [0, 0.1) is 5.82 Å². The number of hydrogen-bond acceptors (Lipinski definition) is 5. The van der Waals surface area contributed by atoms with Crippen LogP contribution >= 0.6 is 0 Å². The lowest BCUT2D eigenvalue weighted by molar-refractivity contribution is 0.314. The van der Waals surface area contributed by atoms with E-state index in [0.29, 0.717) is 29.9 Å². The molecule has 0 spiro atoms. The van der Waals surface area contributed by atoms with E-state index in [2.05, 4.69) is 20.3 Å². The van der Waals surface area contributed by atoms with Crippen molar-refractivity contribution in [1.29, 1.82) is 0 Å². The largest absolute Gasteiger partial charge is 0.357 e. The average molecular weight is 327 g/mol. The fourth-order valence-corrected chi connectivity index (χ4v) is 2.58. The van der Waals surface area contributed by atoms with Crippen molar-refractivity contribution in [2.45, 2.75) is 13.1 Å². The summed E-state index contributed by atoms with van der Waals surface area (Å²) in [5.41, 5.74) is 2.19. The minimum Gasteiger partial charge on any atom is -0.357 e. The molecule has 0 amide bonds. The number of anilines is 1. The van der Waals surface area contributed by atoms with Crippen LogP contribution in [-0.4, -0.2) is 33.9 Å². The molecule has 0 aliphatic rings. The van der Waals surface area contributed by atoms with Gasteiger partial charge in [-0.2, -0.15) is 0 Å². The molecule has 124 valence electrons. The normalized spacial score (nSPS) is 11.2. The van der Waals surface area contributed by atoms with Crippen LogP contribution in [0.4, 0.5) is 10.3 Å². The summed E-state index contributed by atoms with van der Waals surface area (Å²) in [7, 11) is 3.71. The van der Waals surface area contributed by atoms with Crippen LogP contribution < -0.4 is 10.7 Å². The molecule has 2 heterocycles. The maximum Gasteiger partial charge on any atom is 0.222 e. The Morgan fingerprint density at radius 1 is 1.21 bits per heavy atom. The first-order valence-electron chi connectivity index (χ1n) is 7.54. The molecular formula is C17H18FN5O. The van der Waals surface area contributed by atoms with Crippen molar-refractivity contribution in [3.63, 3.8) is 0 Å². The van der Waals surface area contributed by atoms with Gasteiger partial charge < -0.3 is 10.3 Å². The van der Waals surface area contributed by atoms with Crippen molar-refractivity contribution in [1.82, 2.24) is 19.9 Å². The SMILES string of the molecule is CNc1ncc(CN(C)Cc2cc(=O)c3cc(F)ccc3[nH]2)cn1. The minimum atomic E-state index is -0.414. The van der Waals surface area contributed by atoms with Gasteiger partial charge in [0, 0.05) is 60.8 Å². The van der Waals surface area contributed by atoms with Crippen molar-refractivity contribution >= 4 is 16.9 Å². The van der Waals surface area contributed by atoms with Gasteiger partial charge in [0.25, 0.3) is 0 Å². The molecule has 3 aromatic rings. The van der Waals surface area contributed by atoms with Crippen LogP contribution in [0.25, 0.3) is 10.9 Å². The number of nitrogens with one attached hydrogen (secondary N) is 2. The predicted octanol–water partition coefficient (Wildman–Crippen LogP) is 2.13. The first kappa shape index (κ1) is 16.1. The summed E-state index contributed by atoms with van der Waals surface area (Å²) in [6.07, 6.45) is 3.53. The standard InChI is InChI=1S/C17H18FN5O/c1-19-17-20-7-11(8-21-17)9-23(2)10-13-6-16(24)14-5-12(18)3-4-15(14)22-13/h3-8H,9-10H2,1-2H3,(H,22,24)(H,19,20,21). The number of pyridine rings is 1. The molecule has 0 saturated carbocycles. The van der Waals surface area contributed by atoms with E-state index in [1.54, 1.807) is 25.5 Å². The van der Waals surface area contributed by atoms with Crippen molar-refractivity contribution in [3.05, 3.63) is 64.0 Å². The molecule has 1 aromatic carbocycles. The molecule has 0 aliphatic carbocycles. The molecule has 0 aliphatic heterocycles. The monoisotopic (exact) mass is 327 g/mol. The van der Waals surface area contributed by atoms with E-state index in [9.17, 15) is 9.18 Å². The highest BCUT2D eigenvalue weighted by Gasteiger charge is 2.07. The quantitative estimate of drug-likeness (QED) is 0.751. The lowest BCUT2D eigenvalue weighted by Gasteiger charge is -2.16. The van der Waals surface area contributed by atoms with E-state index < -0.39 is 5.82 Å². The fraction of sp³-hybridized carbons (Fsp3) is 0.235. The van der Waals surface area contributed by atoms with Gasteiger partial charge in [-0.1, -0.05) is 0 Å². The lowest BCUT2D eigenvalue weighted by Crippen LogP contribution is -2.19. The summed E-state index contributed by atoms with van der Waals surface area (Å²) in [5.74, 6) is 0.162. The van der Waals surface area contributed by atoms with Crippen LogP contribution in [0.5, 0.6) is 0 Å². The van der Waals surface area contributed by atoms with Crippen LogP contribution in [-0.2, 0) is 13.1 Å². The van der Waals surface area contributed by atoms with E-state index >= 15 is 0 Å². The van der Waals surface area contributed by atoms with E-state index in [0.717, 1.165) is 11.3 Å². The number of fused-ring (bicyclic) bond motifs is 1. The van der Waals surface area contributed by atoms with Crippen molar-refractivity contribution in [2.24, 2.45) is 0 Å². The van der Waals surface area contributed by atoms with E-state index in [1.807, 2.05) is 11.9 Å².